The molecule has 0 aliphatic carbocycles. The van der Waals surface area contributed by atoms with Gasteiger partial charge in [0.2, 0.25) is 11.8 Å². The number of likely N-dealkylation sites (N-methyl/N-ethyl adjacent to an activating group) is 1. The van der Waals surface area contributed by atoms with Gasteiger partial charge in [0.05, 0.1) is 12.1 Å². The van der Waals surface area contributed by atoms with E-state index in [1.54, 1.807) is 18.0 Å². The highest BCUT2D eigenvalue weighted by atomic mass is 35.5. The van der Waals surface area contributed by atoms with Crippen molar-refractivity contribution in [2.24, 2.45) is 11.3 Å². The van der Waals surface area contributed by atoms with E-state index in [1.165, 1.54) is 12.5 Å². The van der Waals surface area contributed by atoms with Crippen LogP contribution in [0.25, 0.3) is 0 Å². The molecule has 7 nitrogen and oxygen atoms in total. The molecule has 1 heterocycles. The van der Waals surface area contributed by atoms with Gasteiger partial charge in [-0.25, -0.2) is 4.79 Å². The van der Waals surface area contributed by atoms with Crippen molar-refractivity contribution in [2.45, 2.75) is 72.6 Å². The Morgan fingerprint density at radius 1 is 1.18 bits per heavy atom. The second-order valence-corrected chi connectivity index (χ2v) is 10.1. The molecule has 0 saturated heterocycles. The van der Waals surface area contributed by atoms with E-state index >= 15 is 0 Å². The molecule has 184 valence electrons. The summed E-state index contributed by atoms with van der Waals surface area (Å²) in [7, 11) is 1.67. The van der Waals surface area contributed by atoms with Crippen LogP contribution in [0.15, 0.2) is 35.9 Å². The van der Waals surface area contributed by atoms with Gasteiger partial charge in [0.25, 0.3) is 0 Å². The quantitative estimate of drug-likeness (QED) is 0.522. The van der Waals surface area contributed by atoms with Crippen LogP contribution in [0.2, 0.25) is 0 Å². The van der Waals surface area contributed by atoms with Gasteiger partial charge in [-0.15, -0.1) is 12.4 Å². The monoisotopic (exact) mass is 479 g/mol. The molecule has 0 spiro atoms. The van der Waals surface area contributed by atoms with Crippen molar-refractivity contribution in [1.82, 2.24) is 15.5 Å². The number of carboxylic acid groups (broad SMARTS) is 1. The zero-order chi connectivity index (χ0) is 24.2. The summed E-state index contributed by atoms with van der Waals surface area (Å²) in [5.74, 6) is -1.46. The highest BCUT2D eigenvalue weighted by molar-refractivity contribution is 5.91. The number of hydrogen-bond donors (Lipinski definition) is 3. The summed E-state index contributed by atoms with van der Waals surface area (Å²) in [5.41, 5.74) is 1.97. The average molecular weight is 480 g/mol. The van der Waals surface area contributed by atoms with Gasteiger partial charge in [0, 0.05) is 19.2 Å². The predicted octanol–water partition coefficient (Wildman–Crippen LogP) is 3.17. The first-order valence-electron chi connectivity index (χ1n) is 11.1. The van der Waals surface area contributed by atoms with Crippen LogP contribution in [0.4, 0.5) is 0 Å². The van der Waals surface area contributed by atoms with Gasteiger partial charge in [0.15, 0.2) is 0 Å². The third kappa shape index (κ3) is 7.30. The minimum Gasteiger partial charge on any atom is -0.478 e. The molecular formula is C25H38ClN3O4. The minimum atomic E-state index is -1.01. The molecule has 3 N–H and O–H groups in total. The van der Waals surface area contributed by atoms with Crippen LogP contribution in [0.5, 0.6) is 0 Å². The normalized spacial score (nSPS) is 17.9. The van der Waals surface area contributed by atoms with Gasteiger partial charge in [-0.3, -0.25) is 9.59 Å². The largest absolute Gasteiger partial charge is 0.478 e. The third-order valence-corrected chi connectivity index (χ3v) is 6.03. The molecule has 1 aromatic carbocycles. The summed E-state index contributed by atoms with van der Waals surface area (Å²) in [6.45, 7) is 11.7. The van der Waals surface area contributed by atoms with Gasteiger partial charge >= 0.3 is 5.97 Å². The molecule has 0 radical (unpaired) electrons. The summed E-state index contributed by atoms with van der Waals surface area (Å²) >= 11 is 0. The Kier molecular flexibility index (Phi) is 10.1. The number of rotatable bonds is 7. The molecule has 0 aromatic heterocycles. The minimum absolute atomic E-state index is 0. The van der Waals surface area contributed by atoms with E-state index < -0.39 is 29.5 Å². The highest BCUT2D eigenvalue weighted by Crippen LogP contribution is 2.24. The van der Waals surface area contributed by atoms with Crippen molar-refractivity contribution in [1.29, 1.82) is 0 Å². The van der Waals surface area contributed by atoms with E-state index in [2.05, 4.69) is 10.6 Å². The van der Waals surface area contributed by atoms with Gasteiger partial charge in [0.1, 0.15) is 6.04 Å². The van der Waals surface area contributed by atoms with Crippen molar-refractivity contribution >= 4 is 30.2 Å². The SMILES string of the molecule is C/C(=C\[C@H](C(C)C)N(C)C(=O)[C@@H](NC(=O)[C@H]1Cc2ccccc2CN1)C(C)(C)C)C(=O)O.Cl. The first-order valence-corrected chi connectivity index (χ1v) is 11.1. The second kappa shape index (κ2) is 11.7. The summed E-state index contributed by atoms with van der Waals surface area (Å²) in [5, 5.41) is 15.5. The number of amides is 2. The molecule has 33 heavy (non-hydrogen) atoms. The molecule has 0 fully saturated rings. The van der Waals surface area contributed by atoms with Crippen molar-refractivity contribution in [2.75, 3.05) is 7.05 Å². The van der Waals surface area contributed by atoms with Crippen molar-refractivity contribution in [3.05, 3.63) is 47.0 Å². The van der Waals surface area contributed by atoms with Crippen LogP contribution >= 0.6 is 12.4 Å². The fourth-order valence-corrected chi connectivity index (χ4v) is 3.96. The average Bonchev–Trinajstić information content (AvgIpc) is 2.72. The predicted molar refractivity (Wildman–Crippen MR) is 132 cm³/mol. The molecule has 0 saturated carbocycles. The molecule has 1 aliphatic rings. The fraction of sp³-hybridized carbons (Fsp3) is 0.560. The zero-order valence-corrected chi connectivity index (χ0v) is 21.5. The first kappa shape index (κ1) is 28.7. The van der Waals surface area contributed by atoms with Crippen LogP contribution in [0.1, 0.15) is 52.7 Å². The number of carbonyl (C=O) groups is 3. The number of benzene rings is 1. The number of aliphatic carboxylic acids is 1. The van der Waals surface area contributed by atoms with E-state index in [0.29, 0.717) is 13.0 Å². The number of hydrogen-bond acceptors (Lipinski definition) is 4. The maximum absolute atomic E-state index is 13.5. The smallest absolute Gasteiger partial charge is 0.331 e. The molecule has 1 aliphatic heterocycles. The Bertz CT molecular complexity index is 892. The van der Waals surface area contributed by atoms with Crippen LogP contribution < -0.4 is 10.6 Å². The Hall–Kier alpha value is -2.38. The van der Waals surface area contributed by atoms with Crippen LogP contribution in [0, 0.1) is 11.3 Å². The molecule has 1 aromatic rings. The molecule has 0 unspecified atom stereocenters. The van der Waals surface area contributed by atoms with Gasteiger partial charge in [-0.05, 0) is 35.8 Å². The van der Waals surface area contributed by atoms with Gasteiger partial charge in [-0.1, -0.05) is 65.0 Å². The van der Waals surface area contributed by atoms with Crippen LogP contribution in [-0.2, 0) is 27.3 Å². The number of halogens is 1. The zero-order valence-electron chi connectivity index (χ0n) is 20.6. The Labute approximate surface area is 203 Å². The highest BCUT2D eigenvalue weighted by Gasteiger charge is 2.38. The summed E-state index contributed by atoms with van der Waals surface area (Å²) in [6, 6.07) is 6.46. The van der Waals surface area contributed by atoms with Crippen LogP contribution in [0.3, 0.4) is 0 Å². The third-order valence-electron chi connectivity index (χ3n) is 6.03. The second-order valence-electron chi connectivity index (χ2n) is 10.1. The molecule has 0 bridgehead atoms. The number of carboxylic acids is 1. The molecular weight excluding hydrogens is 442 g/mol. The van der Waals surface area contributed by atoms with Crippen molar-refractivity contribution < 1.29 is 19.5 Å². The van der Waals surface area contributed by atoms with E-state index in [9.17, 15) is 19.5 Å². The standard InChI is InChI=1S/C25H37N3O4.ClH/c1-15(2)20(12-16(3)24(31)32)28(7)23(30)21(25(4,5)6)27-22(29)19-13-17-10-8-9-11-18(17)14-26-19;/h8-12,15,19-21,26H,13-14H2,1-7H3,(H,27,29)(H,31,32);1H/b16-12+;/t19-,20-,21-;/m1./s1. The lowest BCUT2D eigenvalue weighted by molar-refractivity contribution is -0.140. The fourth-order valence-electron chi connectivity index (χ4n) is 3.96. The Balaban J connectivity index is 0.00000544. The lowest BCUT2D eigenvalue weighted by Gasteiger charge is -2.38. The topological polar surface area (TPSA) is 98.7 Å². The number of carbonyl (C=O) groups excluding carboxylic acids is 2. The van der Waals surface area contributed by atoms with E-state index in [0.717, 1.165) is 5.56 Å². The molecule has 3 atom stereocenters. The van der Waals surface area contributed by atoms with E-state index in [1.807, 2.05) is 58.9 Å². The van der Waals surface area contributed by atoms with Gasteiger partial charge < -0.3 is 20.6 Å². The number of fused-ring (bicyclic) bond motifs is 1. The maximum atomic E-state index is 13.5. The van der Waals surface area contributed by atoms with Crippen LogP contribution in [-0.4, -0.2) is 53.0 Å². The lowest BCUT2D eigenvalue weighted by Crippen LogP contribution is -2.59. The van der Waals surface area contributed by atoms with Gasteiger partial charge in [-0.2, -0.15) is 0 Å². The summed E-state index contributed by atoms with van der Waals surface area (Å²) in [4.78, 5) is 39.5. The van der Waals surface area contributed by atoms with E-state index in [-0.39, 0.29) is 35.7 Å². The lowest BCUT2D eigenvalue weighted by atomic mass is 9.84. The Morgan fingerprint density at radius 3 is 2.27 bits per heavy atom. The molecule has 8 heteroatoms. The van der Waals surface area contributed by atoms with E-state index in [4.69, 9.17) is 0 Å². The summed E-state index contributed by atoms with van der Waals surface area (Å²) in [6.07, 6.45) is 2.17. The maximum Gasteiger partial charge on any atom is 0.331 e. The number of nitrogens with one attached hydrogen (secondary N) is 2. The van der Waals surface area contributed by atoms with Crippen molar-refractivity contribution in [3.63, 3.8) is 0 Å². The number of nitrogens with zero attached hydrogens (tertiary/aromatic N) is 1. The Morgan fingerprint density at radius 2 is 1.76 bits per heavy atom. The first-order chi connectivity index (χ1) is 14.8. The van der Waals surface area contributed by atoms with Crippen molar-refractivity contribution in [3.8, 4) is 0 Å². The summed E-state index contributed by atoms with van der Waals surface area (Å²) < 4.78 is 0. The molecule has 2 amide bonds. The molecule has 2 rings (SSSR count).